The van der Waals surface area contributed by atoms with Gasteiger partial charge in [-0.1, -0.05) is 0 Å². The Labute approximate surface area is 164 Å². The minimum atomic E-state index is -0.963. The third-order valence-electron chi connectivity index (χ3n) is 4.55. The van der Waals surface area contributed by atoms with Gasteiger partial charge in [0.2, 0.25) is 5.78 Å². The summed E-state index contributed by atoms with van der Waals surface area (Å²) in [5.74, 6) is -3.94. The molecule has 0 unspecified atom stereocenters. The molecule has 0 aliphatic heterocycles. The van der Waals surface area contributed by atoms with Crippen LogP contribution in [-0.4, -0.2) is 57.1 Å². The molecule has 0 radical (unpaired) electrons. The normalized spacial score (nSPS) is 12.0. The Balaban J connectivity index is 2.43. The van der Waals surface area contributed by atoms with Gasteiger partial charge in [0.15, 0.2) is 5.78 Å². The molecule has 0 bridgehead atoms. The van der Waals surface area contributed by atoms with Crippen LogP contribution in [0.1, 0.15) is 52.6 Å². The second-order valence-corrected chi connectivity index (χ2v) is 5.97. The number of carbonyl (C=O) groups excluding carboxylic acids is 4. The fourth-order valence-electron chi connectivity index (χ4n) is 3.25. The van der Waals surface area contributed by atoms with Crippen molar-refractivity contribution in [2.24, 2.45) is 0 Å². The van der Waals surface area contributed by atoms with Crippen LogP contribution in [0, 0.1) is 0 Å². The maximum atomic E-state index is 13.2. The topological polar surface area (TPSA) is 125 Å². The third-order valence-corrected chi connectivity index (χ3v) is 4.55. The summed E-state index contributed by atoms with van der Waals surface area (Å²) in [5, 5.41) is 10.3. The first kappa shape index (κ1) is 19.9. The smallest absolute Gasteiger partial charge is 0.342 e. The van der Waals surface area contributed by atoms with Crippen LogP contribution in [0.3, 0.4) is 0 Å². The number of phenols is 1. The van der Waals surface area contributed by atoms with Gasteiger partial charge in [-0.2, -0.15) is 0 Å². The van der Waals surface area contributed by atoms with Gasteiger partial charge in [0.1, 0.15) is 22.8 Å². The zero-order valence-electron chi connectivity index (χ0n) is 15.9. The number of ketones is 2. The van der Waals surface area contributed by atoms with Gasteiger partial charge in [-0.15, -0.1) is 0 Å². The lowest BCUT2D eigenvalue weighted by molar-refractivity contribution is 0.0551. The molecule has 0 heterocycles. The fourth-order valence-corrected chi connectivity index (χ4v) is 3.25. The average Bonchev–Trinajstić information content (AvgIpc) is 2.73. The number of benzene rings is 2. The molecule has 0 saturated carbocycles. The second kappa shape index (κ2) is 7.27. The Morgan fingerprint density at radius 1 is 0.793 bits per heavy atom. The van der Waals surface area contributed by atoms with Crippen molar-refractivity contribution in [3.63, 3.8) is 0 Å². The van der Waals surface area contributed by atoms with E-state index in [9.17, 15) is 24.3 Å². The summed E-state index contributed by atoms with van der Waals surface area (Å²) in [6, 6.07) is 3.57. The molecule has 29 heavy (non-hydrogen) atoms. The molecular weight excluding hydrogens is 384 g/mol. The number of carbonyl (C=O) groups is 4. The van der Waals surface area contributed by atoms with Gasteiger partial charge >= 0.3 is 11.9 Å². The van der Waals surface area contributed by atoms with E-state index in [1.807, 2.05) is 0 Å². The summed E-state index contributed by atoms with van der Waals surface area (Å²) >= 11 is 0. The molecule has 0 fully saturated rings. The molecule has 9 nitrogen and oxygen atoms in total. The number of rotatable bonds is 4. The Morgan fingerprint density at radius 2 is 1.41 bits per heavy atom. The Morgan fingerprint density at radius 3 is 1.97 bits per heavy atom. The number of esters is 2. The standard InChI is InChI=1S/C20H16O9/c1-26-8-5-9-13(12(21)6-8)17(23)14-10(16(9)22)7-11(19(24)28-3)15(18(14)27-2)20(25)29-4/h5-7,21H,1-4H3. The van der Waals surface area contributed by atoms with Crippen LogP contribution in [-0.2, 0) is 9.47 Å². The lowest BCUT2D eigenvalue weighted by Gasteiger charge is -2.23. The molecule has 1 aliphatic rings. The monoisotopic (exact) mass is 400 g/mol. The summed E-state index contributed by atoms with van der Waals surface area (Å²) in [5.41, 5.74) is -1.48. The predicted molar refractivity (Wildman–Crippen MR) is 97.2 cm³/mol. The molecule has 1 N–H and O–H groups in total. The van der Waals surface area contributed by atoms with Crippen LogP contribution in [0.5, 0.6) is 17.2 Å². The zero-order chi connectivity index (χ0) is 21.5. The van der Waals surface area contributed by atoms with Crippen molar-refractivity contribution in [3.8, 4) is 17.2 Å². The van der Waals surface area contributed by atoms with Gasteiger partial charge in [0, 0.05) is 17.2 Å². The van der Waals surface area contributed by atoms with Crippen LogP contribution in [0.2, 0.25) is 0 Å². The van der Waals surface area contributed by atoms with E-state index in [2.05, 4.69) is 0 Å². The Bertz CT molecular complexity index is 1080. The van der Waals surface area contributed by atoms with E-state index in [-0.39, 0.29) is 44.9 Å². The van der Waals surface area contributed by atoms with E-state index in [4.69, 9.17) is 18.9 Å². The first-order chi connectivity index (χ1) is 13.8. The molecule has 0 aromatic heterocycles. The molecule has 1 aliphatic carbocycles. The molecule has 150 valence electrons. The molecule has 2 aromatic rings. The quantitative estimate of drug-likeness (QED) is 0.652. The van der Waals surface area contributed by atoms with Crippen molar-refractivity contribution in [3.05, 3.63) is 51.6 Å². The van der Waals surface area contributed by atoms with Gasteiger partial charge in [0.05, 0.1) is 45.1 Å². The molecular formula is C20H16O9. The summed E-state index contributed by atoms with van der Waals surface area (Å²) in [4.78, 5) is 50.9. The summed E-state index contributed by atoms with van der Waals surface area (Å²) in [6.07, 6.45) is 0. The van der Waals surface area contributed by atoms with Gasteiger partial charge in [-0.05, 0) is 12.1 Å². The van der Waals surface area contributed by atoms with E-state index < -0.39 is 29.3 Å². The fraction of sp³-hybridized carbons (Fsp3) is 0.200. The third kappa shape index (κ3) is 2.87. The number of fused-ring (bicyclic) bond motifs is 2. The molecule has 0 atom stereocenters. The van der Waals surface area contributed by atoms with E-state index >= 15 is 0 Å². The van der Waals surface area contributed by atoms with E-state index in [1.165, 1.54) is 26.4 Å². The van der Waals surface area contributed by atoms with Gasteiger partial charge in [-0.25, -0.2) is 9.59 Å². The van der Waals surface area contributed by atoms with Gasteiger partial charge < -0.3 is 24.1 Å². The molecule has 9 heteroatoms. The lowest BCUT2D eigenvalue weighted by atomic mass is 9.80. The van der Waals surface area contributed by atoms with Crippen molar-refractivity contribution in [1.82, 2.24) is 0 Å². The van der Waals surface area contributed by atoms with Crippen molar-refractivity contribution in [2.45, 2.75) is 0 Å². The average molecular weight is 400 g/mol. The molecule has 0 spiro atoms. The van der Waals surface area contributed by atoms with E-state index in [1.54, 1.807) is 0 Å². The lowest BCUT2D eigenvalue weighted by Crippen LogP contribution is -2.25. The van der Waals surface area contributed by atoms with Crippen molar-refractivity contribution in [1.29, 1.82) is 0 Å². The highest BCUT2D eigenvalue weighted by molar-refractivity contribution is 6.31. The number of phenolic OH excluding ortho intramolecular Hbond substituents is 1. The van der Waals surface area contributed by atoms with Crippen LogP contribution in [0.4, 0.5) is 0 Å². The van der Waals surface area contributed by atoms with Crippen molar-refractivity contribution < 1.29 is 43.2 Å². The highest BCUT2D eigenvalue weighted by atomic mass is 16.5. The summed E-state index contributed by atoms with van der Waals surface area (Å²) < 4.78 is 19.7. The molecule has 3 rings (SSSR count). The SMILES string of the molecule is COC(=O)c1cc2c(c(OC)c1C(=O)OC)C(=O)c1c(O)cc(OC)cc1C2=O. The maximum absolute atomic E-state index is 13.2. The predicted octanol–water partition coefficient (Wildman–Crippen LogP) is 1.76. The first-order valence-corrected chi connectivity index (χ1v) is 8.22. The Hall–Kier alpha value is -3.88. The number of hydrogen-bond acceptors (Lipinski definition) is 9. The largest absolute Gasteiger partial charge is 0.507 e. The maximum Gasteiger partial charge on any atom is 0.342 e. The van der Waals surface area contributed by atoms with Crippen LogP contribution >= 0.6 is 0 Å². The Kier molecular flexibility index (Phi) is 4.98. The molecule has 0 saturated heterocycles. The van der Waals surface area contributed by atoms with Crippen LogP contribution in [0.25, 0.3) is 0 Å². The summed E-state index contributed by atoms with van der Waals surface area (Å²) in [6.45, 7) is 0. The van der Waals surface area contributed by atoms with Gasteiger partial charge in [-0.3, -0.25) is 9.59 Å². The number of methoxy groups -OCH3 is 4. The zero-order valence-corrected chi connectivity index (χ0v) is 15.9. The molecule has 2 aromatic carbocycles. The van der Waals surface area contributed by atoms with Crippen molar-refractivity contribution >= 4 is 23.5 Å². The summed E-state index contributed by atoms with van der Waals surface area (Å²) in [7, 11) is 4.69. The number of hydrogen-bond donors (Lipinski definition) is 1. The van der Waals surface area contributed by atoms with Crippen LogP contribution in [0.15, 0.2) is 18.2 Å². The van der Waals surface area contributed by atoms with E-state index in [0.717, 1.165) is 20.3 Å². The van der Waals surface area contributed by atoms with E-state index in [0.29, 0.717) is 0 Å². The first-order valence-electron chi connectivity index (χ1n) is 8.22. The highest BCUT2D eigenvalue weighted by Crippen LogP contribution is 2.41. The van der Waals surface area contributed by atoms with Crippen molar-refractivity contribution in [2.75, 3.05) is 28.4 Å². The molecule has 0 amide bonds. The minimum Gasteiger partial charge on any atom is -0.507 e. The highest BCUT2D eigenvalue weighted by Gasteiger charge is 2.39. The van der Waals surface area contributed by atoms with Gasteiger partial charge in [0.25, 0.3) is 0 Å². The number of ether oxygens (including phenoxy) is 4. The minimum absolute atomic E-state index is 0.108. The number of aromatic hydroxyl groups is 1. The van der Waals surface area contributed by atoms with Crippen LogP contribution < -0.4 is 9.47 Å². The second-order valence-electron chi connectivity index (χ2n) is 5.97.